The van der Waals surface area contributed by atoms with E-state index < -0.39 is 5.54 Å². The number of aryl methyl sites for hydroxylation is 2. The molecule has 130 valence electrons. The van der Waals surface area contributed by atoms with Crippen LogP contribution in [-0.2, 0) is 12.0 Å². The van der Waals surface area contributed by atoms with Crippen LogP contribution in [-0.4, -0.2) is 25.0 Å². The van der Waals surface area contributed by atoms with E-state index in [0.717, 1.165) is 12.0 Å². The van der Waals surface area contributed by atoms with E-state index in [1.807, 2.05) is 26.0 Å². The van der Waals surface area contributed by atoms with Crippen LogP contribution in [0.1, 0.15) is 37.7 Å². The van der Waals surface area contributed by atoms with E-state index in [1.54, 1.807) is 17.8 Å². The van der Waals surface area contributed by atoms with Crippen molar-refractivity contribution >= 4 is 11.6 Å². The summed E-state index contributed by atoms with van der Waals surface area (Å²) in [5, 5.41) is 9.12. The topological polar surface area (TPSA) is 76.5 Å². The smallest absolute Gasteiger partial charge is 0.251 e. The zero-order chi connectivity index (χ0) is 18.2. The number of nitrogens with one attached hydrogen (secondary N) is 1. The van der Waals surface area contributed by atoms with Crippen LogP contribution in [0.3, 0.4) is 0 Å². The van der Waals surface area contributed by atoms with Gasteiger partial charge in [0.2, 0.25) is 0 Å². The van der Waals surface area contributed by atoms with E-state index in [2.05, 4.69) is 33.3 Å². The monoisotopic (exact) mass is 357 g/mol. The third-order valence-electron chi connectivity index (χ3n) is 4.29. The molecule has 7 heteroatoms. The molecule has 6 nitrogen and oxygen atoms in total. The SMILES string of the molecule is CCc1ccc(C(C)(C)n2cc(-c3cc(=O)[nH]c(C)n3)nn2)c(Cl)c1. The zero-order valence-corrected chi connectivity index (χ0v) is 15.4. The molecule has 0 saturated carbocycles. The molecule has 0 saturated heterocycles. The fraction of sp³-hybridized carbons (Fsp3) is 0.333. The predicted molar refractivity (Wildman–Crippen MR) is 97.9 cm³/mol. The maximum atomic E-state index is 11.6. The molecule has 0 unspecified atom stereocenters. The number of benzene rings is 1. The minimum absolute atomic E-state index is 0.213. The third-order valence-corrected chi connectivity index (χ3v) is 4.60. The first kappa shape index (κ1) is 17.4. The Balaban J connectivity index is 2.02. The van der Waals surface area contributed by atoms with Gasteiger partial charge in [0.25, 0.3) is 5.56 Å². The van der Waals surface area contributed by atoms with Crippen molar-refractivity contribution in [2.75, 3.05) is 0 Å². The van der Waals surface area contributed by atoms with E-state index in [9.17, 15) is 4.79 Å². The minimum Gasteiger partial charge on any atom is -0.311 e. The van der Waals surface area contributed by atoms with Gasteiger partial charge in [-0.3, -0.25) is 4.79 Å². The van der Waals surface area contributed by atoms with E-state index in [1.165, 1.54) is 11.6 Å². The number of H-pyrrole nitrogens is 1. The van der Waals surface area contributed by atoms with Gasteiger partial charge in [-0.05, 0) is 44.4 Å². The second kappa shape index (κ2) is 6.44. The highest BCUT2D eigenvalue weighted by atomic mass is 35.5. The minimum atomic E-state index is -0.495. The first-order chi connectivity index (χ1) is 11.8. The molecule has 0 radical (unpaired) electrons. The Kier molecular flexibility index (Phi) is 4.47. The molecular weight excluding hydrogens is 338 g/mol. The highest BCUT2D eigenvalue weighted by Gasteiger charge is 2.27. The zero-order valence-electron chi connectivity index (χ0n) is 14.7. The summed E-state index contributed by atoms with van der Waals surface area (Å²) < 4.78 is 1.74. The van der Waals surface area contributed by atoms with Crippen LogP contribution in [0.2, 0.25) is 5.02 Å². The van der Waals surface area contributed by atoms with Crippen molar-refractivity contribution in [3.05, 3.63) is 62.8 Å². The summed E-state index contributed by atoms with van der Waals surface area (Å²) in [4.78, 5) is 18.6. The molecule has 0 amide bonds. The molecule has 2 aromatic heterocycles. The number of rotatable bonds is 4. The van der Waals surface area contributed by atoms with Gasteiger partial charge in [0, 0.05) is 11.1 Å². The molecule has 0 fully saturated rings. The van der Waals surface area contributed by atoms with Crippen LogP contribution in [0, 0.1) is 6.92 Å². The third kappa shape index (κ3) is 3.35. The lowest BCUT2D eigenvalue weighted by Crippen LogP contribution is -2.28. The normalized spacial score (nSPS) is 11.7. The van der Waals surface area contributed by atoms with Crippen molar-refractivity contribution in [2.45, 2.75) is 39.7 Å². The van der Waals surface area contributed by atoms with Gasteiger partial charge >= 0.3 is 0 Å². The van der Waals surface area contributed by atoms with Crippen LogP contribution >= 0.6 is 11.6 Å². The highest BCUT2D eigenvalue weighted by molar-refractivity contribution is 6.31. The van der Waals surface area contributed by atoms with Crippen molar-refractivity contribution in [2.24, 2.45) is 0 Å². The lowest BCUT2D eigenvalue weighted by atomic mass is 9.93. The quantitative estimate of drug-likeness (QED) is 0.777. The maximum Gasteiger partial charge on any atom is 0.251 e. The number of nitrogens with zero attached hydrogens (tertiary/aromatic N) is 4. The second-order valence-electron chi connectivity index (χ2n) is 6.49. The largest absolute Gasteiger partial charge is 0.311 e. The second-order valence-corrected chi connectivity index (χ2v) is 6.90. The van der Waals surface area contributed by atoms with Gasteiger partial charge in [0.15, 0.2) is 0 Å². The molecular formula is C18H20ClN5O. The van der Waals surface area contributed by atoms with E-state index in [4.69, 9.17) is 11.6 Å². The number of aromatic amines is 1. The van der Waals surface area contributed by atoms with Crippen LogP contribution in [0.5, 0.6) is 0 Å². The molecule has 2 heterocycles. The number of aromatic nitrogens is 5. The van der Waals surface area contributed by atoms with E-state index >= 15 is 0 Å². The van der Waals surface area contributed by atoms with Crippen molar-refractivity contribution in [1.82, 2.24) is 25.0 Å². The van der Waals surface area contributed by atoms with Gasteiger partial charge in [-0.15, -0.1) is 5.10 Å². The van der Waals surface area contributed by atoms with Crippen molar-refractivity contribution in [1.29, 1.82) is 0 Å². The van der Waals surface area contributed by atoms with Gasteiger partial charge in [0.1, 0.15) is 11.5 Å². The van der Waals surface area contributed by atoms with Gasteiger partial charge in [-0.1, -0.05) is 35.9 Å². The van der Waals surface area contributed by atoms with Crippen molar-refractivity contribution in [3.8, 4) is 11.4 Å². The Hall–Kier alpha value is -2.47. The lowest BCUT2D eigenvalue weighted by Gasteiger charge is -2.26. The molecule has 1 N–H and O–H groups in total. The Bertz CT molecular complexity index is 974. The molecule has 3 aromatic rings. The Morgan fingerprint density at radius 1 is 1.24 bits per heavy atom. The molecule has 0 aliphatic rings. The van der Waals surface area contributed by atoms with E-state index in [0.29, 0.717) is 22.2 Å². The number of hydrogen-bond donors (Lipinski definition) is 1. The maximum absolute atomic E-state index is 11.6. The fourth-order valence-corrected chi connectivity index (χ4v) is 3.20. The Labute approximate surface area is 150 Å². The summed E-state index contributed by atoms with van der Waals surface area (Å²) in [7, 11) is 0. The van der Waals surface area contributed by atoms with Crippen LogP contribution in [0.4, 0.5) is 0 Å². The summed E-state index contributed by atoms with van der Waals surface area (Å²) in [6.07, 6.45) is 2.72. The van der Waals surface area contributed by atoms with Crippen molar-refractivity contribution < 1.29 is 0 Å². The molecule has 1 aromatic carbocycles. The van der Waals surface area contributed by atoms with Crippen molar-refractivity contribution in [3.63, 3.8) is 0 Å². The summed E-state index contributed by atoms with van der Waals surface area (Å²) >= 11 is 6.49. The standard InChI is InChI=1S/C18H20ClN5O/c1-5-12-6-7-13(14(19)8-12)18(3,4)24-10-16(22-23-24)15-9-17(25)21-11(2)20-15/h6-10H,5H2,1-4H3,(H,20,21,25). The molecule has 0 bridgehead atoms. The van der Waals surface area contributed by atoms with Crippen LogP contribution < -0.4 is 5.56 Å². The predicted octanol–water partition coefficient (Wildman–Crippen LogP) is 3.34. The first-order valence-electron chi connectivity index (χ1n) is 8.11. The fourth-order valence-electron chi connectivity index (χ4n) is 2.76. The Morgan fingerprint density at radius 3 is 2.64 bits per heavy atom. The van der Waals surface area contributed by atoms with Gasteiger partial charge in [-0.2, -0.15) is 0 Å². The van der Waals surface area contributed by atoms with Crippen LogP contribution in [0.15, 0.2) is 35.3 Å². The average molecular weight is 358 g/mol. The molecule has 0 spiro atoms. The van der Waals surface area contributed by atoms with Gasteiger partial charge < -0.3 is 4.98 Å². The average Bonchev–Trinajstić information content (AvgIpc) is 3.04. The molecule has 0 aliphatic carbocycles. The lowest BCUT2D eigenvalue weighted by molar-refractivity contribution is 0.380. The van der Waals surface area contributed by atoms with Gasteiger partial charge in [-0.25, -0.2) is 9.67 Å². The highest BCUT2D eigenvalue weighted by Crippen LogP contribution is 2.32. The molecule has 0 atom stereocenters. The summed E-state index contributed by atoms with van der Waals surface area (Å²) in [5.41, 5.74) is 2.48. The summed E-state index contributed by atoms with van der Waals surface area (Å²) in [6, 6.07) is 7.50. The van der Waals surface area contributed by atoms with E-state index in [-0.39, 0.29) is 5.56 Å². The summed E-state index contributed by atoms with van der Waals surface area (Å²) in [5.74, 6) is 0.537. The molecule has 25 heavy (non-hydrogen) atoms. The number of hydrogen-bond acceptors (Lipinski definition) is 4. The molecule has 0 aliphatic heterocycles. The Morgan fingerprint density at radius 2 is 2.00 bits per heavy atom. The van der Waals surface area contributed by atoms with Gasteiger partial charge in [0.05, 0.1) is 17.4 Å². The summed E-state index contributed by atoms with van der Waals surface area (Å²) in [6.45, 7) is 7.87. The first-order valence-corrected chi connectivity index (χ1v) is 8.49. The molecule has 3 rings (SSSR count). The number of halogens is 1. The van der Waals surface area contributed by atoms with Crippen LogP contribution in [0.25, 0.3) is 11.4 Å².